The van der Waals surface area contributed by atoms with Crippen LogP contribution < -0.4 is 5.32 Å². The third kappa shape index (κ3) is 3.18. The van der Waals surface area contributed by atoms with Crippen molar-refractivity contribution < 1.29 is 4.74 Å². The first-order valence-corrected chi connectivity index (χ1v) is 7.69. The summed E-state index contributed by atoms with van der Waals surface area (Å²) < 4.78 is 5.96. The summed E-state index contributed by atoms with van der Waals surface area (Å²) in [6, 6.07) is 9.83. The molecule has 0 bridgehead atoms. The Bertz CT molecular complexity index is 408. The normalized spacial score (nSPS) is 27.1. The van der Waals surface area contributed by atoms with Crippen molar-refractivity contribution in [2.24, 2.45) is 5.92 Å². The van der Waals surface area contributed by atoms with Crippen LogP contribution in [0.1, 0.15) is 56.3 Å². The van der Waals surface area contributed by atoms with Gasteiger partial charge >= 0.3 is 0 Å². The van der Waals surface area contributed by atoms with E-state index in [2.05, 4.69) is 43.4 Å². The van der Waals surface area contributed by atoms with E-state index in [4.69, 9.17) is 4.74 Å². The zero-order valence-corrected chi connectivity index (χ0v) is 12.1. The summed E-state index contributed by atoms with van der Waals surface area (Å²) >= 11 is 0. The molecule has 2 fully saturated rings. The summed E-state index contributed by atoms with van der Waals surface area (Å²) in [6.45, 7) is 6.50. The molecule has 0 radical (unpaired) electrons. The predicted molar refractivity (Wildman–Crippen MR) is 78.4 cm³/mol. The number of ether oxygens (including phenoxy) is 1. The van der Waals surface area contributed by atoms with Crippen molar-refractivity contribution in [3.63, 3.8) is 0 Å². The van der Waals surface area contributed by atoms with E-state index in [1.54, 1.807) is 0 Å². The summed E-state index contributed by atoms with van der Waals surface area (Å²) in [4.78, 5) is 0. The van der Waals surface area contributed by atoms with Crippen molar-refractivity contribution in [3.8, 4) is 0 Å². The van der Waals surface area contributed by atoms with Gasteiger partial charge in [-0.05, 0) is 36.3 Å². The lowest BCUT2D eigenvalue weighted by Gasteiger charge is -2.20. The molecule has 0 spiro atoms. The largest absolute Gasteiger partial charge is 0.373 e. The molecular formula is C17H25NO. The van der Waals surface area contributed by atoms with Gasteiger partial charge in [0.1, 0.15) is 0 Å². The minimum Gasteiger partial charge on any atom is -0.373 e. The third-order valence-electron chi connectivity index (χ3n) is 4.39. The van der Waals surface area contributed by atoms with Gasteiger partial charge in [-0.3, -0.25) is 0 Å². The summed E-state index contributed by atoms with van der Waals surface area (Å²) in [5, 5.41) is 3.65. The number of rotatable bonds is 5. The highest BCUT2D eigenvalue weighted by molar-refractivity contribution is 5.27. The second kappa shape index (κ2) is 5.64. The van der Waals surface area contributed by atoms with E-state index in [9.17, 15) is 0 Å². The van der Waals surface area contributed by atoms with Gasteiger partial charge in [-0.25, -0.2) is 0 Å². The maximum absolute atomic E-state index is 5.96. The van der Waals surface area contributed by atoms with E-state index in [-0.39, 0.29) is 0 Å². The zero-order chi connectivity index (χ0) is 13.2. The number of hydrogen-bond donors (Lipinski definition) is 1. The molecule has 1 aliphatic heterocycles. The van der Waals surface area contributed by atoms with Crippen LogP contribution in [0.5, 0.6) is 0 Å². The van der Waals surface area contributed by atoms with Crippen LogP contribution in [0.15, 0.2) is 24.3 Å². The van der Waals surface area contributed by atoms with Gasteiger partial charge in [0.25, 0.3) is 0 Å². The van der Waals surface area contributed by atoms with Crippen LogP contribution in [0.4, 0.5) is 0 Å². The molecule has 1 saturated heterocycles. The van der Waals surface area contributed by atoms with Crippen molar-refractivity contribution in [2.45, 2.75) is 51.2 Å². The van der Waals surface area contributed by atoms with Gasteiger partial charge in [-0.15, -0.1) is 0 Å². The topological polar surface area (TPSA) is 21.3 Å². The van der Waals surface area contributed by atoms with Gasteiger partial charge in [-0.1, -0.05) is 38.1 Å². The minimum atomic E-state index is 0.299. The Kier molecular flexibility index (Phi) is 3.90. The Balaban J connectivity index is 1.65. The second-order valence-electron chi connectivity index (χ2n) is 6.34. The van der Waals surface area contributed by atoms with Gasteiger partial charge in [0.05, 0.1) is 6.10 Å². The van der Waals surface area contributed by atoms with Crippen molar-refractivity contribution in [3.05, 3.63) is 35.4 Å². The molecule has 1 aliphatic carbocycles. The molecule has 19 heavy (non-hydrogen) atoms. The maximum Gasteiger partial charge on any atom is 0.0866 e. The zero-order valence-electron chi connectivity index (χ0n) is 12.1. The van der Waals surface area contributed by atoms with Crippen LogP contribution in [0.2, 0.25) is 0 Å². The quantitative estimate of drug-likeness (QED) is 0.871. The fourth-order valence-electron chi connectivity index (χ4n) is 2.89. The SMILES string of the molecule is CC(C)c1ccc(C2OCCC2CNC2CC2)cc1. The van der Waals surface area contributed by atoms with Crippen LogP contribution in [0.25, 0.3) is 0 Å². The van der Waals surface area contributed by atoms with Crippen molar-refractivity contribution in [1.82, 2.24) is 5.32 Å². The molecule has 2 atom stereocenters. The second-order valence-corrected chi connectivity index (χ2v) is 6.34. The molecule has 1 aromatic rings. The first-order valence-electron chi connectivity index (χ1n) is 7.69. The molecule has 2 nitrogen and oxygen atoms in total. The van der Waals surface area contributed by atoms with Crippen LogP contribution in [0, 0.1) is 5.92 Å². The highest BCUT2D eigenvalue weighted by atomic mass is 16.5. The third-order valence-corrected chi connectivity index (χ3v) is 4.39. The van der Waals surface area contributed by atoms with Gasteiger partial charge in [0, 0.05) is 25.1 Å². The summed E-state index contributed by atoms with van der Waals surface area (Å²) in [5.41, 5.74) is 2.76. The van der Waals surface area contributed by atoms with Gasteiger partial charge in [0.2, 0.25) is 0 Å². The summed E-state index contributed by atoms with van der Waals surface area (Å²) in [7, 11) is 0. The number of nitrogens with one attached hydrogen (secondary N) is 1. The average Bonchev–Trinajstić information content (AvgIpc) is 3.13. The molecule has 1 N–H and O–H groups in total. The van der Waals surface area contributed by atoms with Crippen molar-refractivity contribution >= 4 is 0 Å². The van der Waals surface area contributed by atoms with E-state index >= 15 is 0 Å². The molecule has 0 aromatic heterocycles. The Morgan fingerprint density at radius 2 is 1.89 bits per heavy atom. The van der Waals surface area contributed by atoms with E-state index in [0.717, 1.165) is 19.2 Å². The van der Waals surface area contributed by atoms with Crippen molar-refractivity contribution in [1.29, 1.82) is 0 Å². The van der Waals surface area contributed by atoms with Crippen LogP contribution in [-0.2, 0) is 4.74 Å². The summed E-state index contributed by atoms with van der Waals surface area (Å²) in [5.74, 6) is 1.25. The lowest BCUT2D eigenvalue weighted by molar-refractivity contribution is 0.0904. The molecule has 2 unspecified atom stereocenters. The molecule has 0 amide bonds. The van der Waals surface area contributed by atoms with E-state index in [0.29, 0.717) is 17.9 Å². The average molecular weight is 259 g/mol. The smallest absolute Gasteiger partial charge is 0.0866 e. The standard InChI is InChI=1S/C17H25NO/c1-12(2)13-3-5-14(6-4-13)17-15(9-10-19-17)11-18-16-7-8-16/h3-6,12,15-18H,7-11H2,1-2H3. The monoisotopic (exact) mass is 259 g/mol. The minimum absolute atomic E-state index is 0.299. The number of benzene rings is 1. The molecular weight excluding hydrogens is 234 g/mol. The Morgan fingerprint density at radius 1 is 1.16 bits per heavy atom. The molecule has 1 aromatic carbocycles. The Hall–Kier alpha value is -0.860. The Morgan fingerprint density at radius 3 is 2.53 bits per heavy atom. The van der Waals surface area contributed by atoms with E-state index < -0.39 is 0 Å². The molecule has 1 saturated carbocycles. The van der Waals surface area contributed by atoms with Crippen LogP contribution in [0.3, 0.4) is 0 Å². The summed E-state index contributed by atoms with van der Waals surface area (Å²) in [6.07, 6.45) is 4.21. The Labute approximate surface area is 116 Å². The molecule has 2 heteroatoms. The first-order chi connectivity index (χ1) is 9.24. The number of hydrogen-bond acceptors (Lipinski definition) is 2. The lowest BCUT2D eigenvalue weighted by atomic mass is 9.93. The van der Waals surface area contributed by atoms with Crippen LogP contribution in [-0.4, -0.2) is 19.2 Å². The fraction of sp³-hybridized carbons (Fsp3) is 0.647. The van der Waals surface area contributed by atoms with Crippen LogP contribution >= 0.6 is 0 Å². The molecule has 104 valence electrons. The van der Waals surface area contributed by atoms with Gasteiger partial charge < -0.3 is 10.1 Å². The highest BCUT2D eigenvalue weighted by Gasteiger charge is 2.31. The lowest BCUT2D eigenvalue weighted by Crippen LogP contribution is -2.26. The van der Waals surface area contributed by atoms with Gasteiger partial charge in [-0.2, -0.15) is 0 Å². The fourth-order valence-corrected chi connectivity index (χ4v) is 2.89. The predicted octanol–water partition coefficient (Wildman–Crippen LogP) is 3.64. The molecule has 1 heterocycles. The first kappa shape index (κ1) is 13.1. The van der Waals surface area contributed by atoms with E-state index in [1.807, 2.05) is 0 Å². The molecule has 2 aliphatic rings. The van der Waals surface area contributed by atoms with Gasteiger partial charge in [0.15, 0.2) is 0 Å². The van der Waals surface area contributed by atoms with Crippen molar-refractivity contribution in [2.75, 3.05) is 13.2 Å². The molecule has 3 rings (SSSR count). The maximum atomic E-state index is 5.96. The highest BCUT2D eigenvalue weighted by Crippen LogP contribution is 2.35. The van der Waals surface area contributed by atoms with E-state index in [1.165, 1.54) is 30.4 Å².